The number of ether oxygens (including phenoxy) is 1. The Morgan fingerprint density at radius 1 is 1.59 bits per heavy atom. The second-order valence-corrected chi connectivity index (χ2v) is 3.94. The van der Waals surface area contributed by atoms with Gasteiger partial charge in [-0.3, -0.25) is 4.79 Å². The van der Waals surface area contributed by atoms with Crippen LogP contribution in [0, 0.1) is 5.92 Å². The Labute approximate surface area is 101 Å². The first kappa shape index (κ1) is 13.3. The van der Waals surface area contributed by atoms with Gasteiger partial charge in [0.2, 0.25) is 0 Å². The van der Waals surface area contributed by atoms with E-state index in [1.54, 1.807) is 12.1 Å². The lowest BCUT2D eigenvalue weighted by molar-refractivity contribution is 0.0948. The summed E-state index contributed by atoms with van der Waals surface area (Å²) in [5.41, 5.74) is 5.85. The molecule has 0 aliphatic heterocycles. The highest BCUT2D eigenvalue weighted by molar-refractivity contribution is 5.94. The number of phenols is 1. The normalized spacial score (nSPS) is 11.9. The van der Waals surface area contributed by atoms with Gasteiger partial charge in [-0.2, -0.15) is 0 Å². The van der Waals surface area contributed by atoms with Crippen LogP contribution in [0.1, 0.15) is 17.3 Å². The number of carbonyl (C=O) groups is 1. The summed E-state index contributed by atoms with van der Waals surface area (Å²) < 4.78 is 4.90. The third-order valence-corrected chi connectivity index (χ3v) is 2.45. The number of methoxy groups -OCH3 is 1. The number of hydrogen-bond acceptors (Lipinski definition) is 4. The fraction of sp³-hybridized carbons (Fsp3) is 0.417. The number of benzene rings is 1. The van der Waals surface area contributed by atoms with Crippen molar-refractivity contribution in [1.82, 2.24) is 5.32 Å². The van der Waals surface area contributed by atoms with Crippen LogP contribution in [0.4, 0.5) is 0 Å². The Bertz CT molecular complexity index is 393. The summed E-state index contributed by atoms with van der Waals surface area (Å²) in [5, 5.41) is 12.3. The molecule has 0 saturated heterocycles. The molecule has 1 rings (SSSR count). The van der Waals surface area contributed by atoms with Gasteiger partial charge in [-0.25, -0.2) is 0 Å². The van der Waals surface area contributed by atoms with Crippen molar-refractivity contribution in [2.75, 3.05) is 20.2 Å². The topological polar surface area (TPSA) is 84.6 Å². The Balaban J connectivity index is 2.66. The SMILES string of the molecule is COc1ccc(C(=O)NCC(C)CN)cc1O. The van der Waals surface area contributed by atoms with E-state index >= 15 is 0 Å². The van der Waals surface area contributed by atoms with E-state index in [4.69, 9.17) is 10.5 Å². The van der Waals surface area contributed by atoms with Crippen molar-refractivity contribution < 1.29 is 14.6 Å². The van der Waals surface area contributed by atoms with Gasteiger partial charge in [-0.05, 0) is 30.7 Å². The van der Waals surface area contributed by atoms with Crippen LogP contribution in [0.5, 0.6) is 11.5 Å². The van der Waals surface area contributed by atoms with Crippen LogP contribution in [-0.4, -0.2) is 31.2 Å². The number of phenolic OH excluding ortho intramolecular Hbond substituents is 1. The molecule has 1 aromatic carbocycles. The first-order valence-corrected chi connectivity index (χ1v) is 5.43. The molecule has 1 amide bonds. The number of amides is 1. The first-order chi connectivity index (χ1) is 8.08. The number of nitrogens with one attached hydrogen (secondary N) is 1. The molecule has 0 aliphatic rings. The molecular weight excluding hydrogens is 220 g/mol. The molecule has 5 heteroatoms. The Kier molecular flexibility index (Phi) is 4.78. The smallest absolute Gasteiger partial charge is 0.251 e. The molecule has 0 saturated carbocycles. The van der Waals surface area contributed by atoms with Gasteiger partial charge in [0.1, 0.15) is 0 Å². The van der Waals surface area contributed by atoms with E-state index in [1.807, 2.05) is 6.92 Å². The average Bonchev–Trinajstić information content (AvgIpc) is 2.35. The van der Waals surface area contributed by atoms with Gasteiger partial charge < -0.3 is 20.9 Å². The van der Waals surface area contributed by atoms with Gasteiger partial charge >= 0.3 is 0 Å². The third kappa shape index (κ3) is 3.64. The summed E-state index contributed by atoms with van der Waals surface area (Å²) in [6.45, 7) is 2.99. The summed E-state index contributed by atoms with van der Waals surface area (Å²) >= 11 is 0. The van der Waals surface area contributed by atoms with Gasteiger partial charge in [-0.1, -0.05) is 6.92 Å². The molecule has 4 N–H and O–H groups in total. The maximum atomic E-state index is 11.7. The van der Waals surface area contributed by atoms with Gasteiger partial charge in [0.25, 0.3) is 5.91 Å². The summed E-state index contributed by atoms with van der Waals surface area (Å²) in [4.78, 5) is 11.7. The molecule has 0 fully saturated rings. The Morgan fingerprint density at radius 2 is 2.29 bits per heavy atom. The van der Waals surface area contributed by atoms with E-state index in [1.165, 1.54) is 13.2 Å². The molecule has 17 heavy (non-hydrogen) atoms. The van der Waals surface area contributed by atoms with Crippen LogP contribution in [0.3, 0.4) is 0 Å². The minimum absolute atomic E-state index is 0.0491. The average molecular weight is 238 g/mol. The molecule has 1 unspecified atom stereocenters. The van der Waals surface area contributed by atoms with Crippen molar-refractivity contribution in [1.29, 1.82) is 0 Å². The zero-order valence-corrected chi connectivity index (χ0v) is 10.1. The van der Waals surface area contributed by atoms with E-state index in [9.17, 15) is 9.90 Å². The monoisotopic (exact) mass is 238 g/mol. The largest absolute Gasteiger partial charge is 0.504 e. The van der Waals surface area contributed by atoms with Crippen LogP contribution in [0.2, 0.25) is 0 Å². The molecule has 0 aromatic heterocycles. The molecular formula is C12H18N2O3. The molecule has 5 nitrogen and oxygen atoms in total. The molecule has 0 aliphatic carbocycles. The highest BCUT2D eigenvalue weighted by Crippen LogP contribution is 2.25. The molecule has 94 valence electrons. The lowest BCUT2D eigenvalue weighted by Gasteiger charge is -2.10. The zero-order chi connectivity index (χ0) is 12.8. The molecule has 0 heterocycles. The fourth-order valence-corrected chi connectivity index (χ4v) is 1.28. The third-order valence-electron chi connectivity index (χ3n) is 2.45. The van der Waals surface area contributed by atoms with E-state index in [-0.39, 0.29) is 17.6 Å². The summed E-state index contributed by atoms with van der Waals surface area (Å²) in [7, 11) is 1.46. The maximum Gasteiger partial charge on any atom is 0.251 e. The van der Waals surface area contributed by atoms with Gasteiger partial charge in [-0.15, -0.1) is 0 Å². The van der Waals surface area contributed by atoms with E-state index in [0.717, 1.165) is 0 Å². The number of carbonyl (C=O) groups excluding carboxylic acids is 1. The van der Waals surface area contributed by atoms with Crippen molar-refractivity contribution >= 4 is 5.91 Å². The number of hydrogen-bond donors (Lipinski definition) is 3. The quantitative estimate of drug-likeness (QED) is 0.706. The van der Waals surface area contributed by atoms with Crippen molar-refractivity contribution in [3.05, 3.63) is 23.8 Å². The minimum atomic E-state index is -0.233. The lowest BCUT2D eigenvalue weighted by atomic mass is 10.1. The molecule has 0 bridgehead atoms. The number of nitrogens with two attached hydrogens (primary N) is 1. The highest BCUT2D eigenvalue weighted by atomic mass is 16.5. The Morgan fingerprint density at radius 3 is 2.82 bits per heavy atom. The Hall–Kier alpha value is -1.75. The summed E-state index contributed by atoms with van der Waals surface area (Å²) in [6.07, 6.45) is 0. The summed E-state index contributed by atoms with van der Waals surface area (Å²) in [5.74, 6) is 0.290. The van der Waals surface area contributed by atoms with Crippen molar-refractivity contribution in [2.45, 2.75) is 6.92 Å². The van der Waals surface area contributed by atoms with E-state index in [0.29, 0.717) is 24.4 Å². The zero-order valence-electron chi connectivity index (χ0n) is 10.1. The van der Waals surface area contributed by atoms with E-state index in [2.05, 4.69) is 5.32 Å². The van der Waals surface area contributed by atoms with E-state index < -0.39 is 0 Å². The lowest BCUT2D eigenvalue weighted by Crippen LogP contribution is -2.31. The second kappa shape index (κ2) is 6.10. The molecule has 0 radical (unpaired) electrons. The maximum absolute atomic E-state index is 11.7. The van der Waals surface area contributed by atoms with Crippen molar-refractivity contribution in [3.8, 4) is 11.5 Å². The fourth-order valence-electron chi connectivity index (χ4n) is 1.28. The molecule has 1 atom stereocenters. The van der Waals surface area contributed by atoms with Crippen LogP contribution >= 0.6 is 0 Å². The van der Waals surface area contributed by atoms with Crippen molar-refractivity contribution in [3.63, 3.8) is 0 Å². The summed E-state index contributed by atoms with van der Waals surface area (Å²) in [6, 6.07) is 4.53. The van der Waals surface area contributed by atoms with Crippen LogP contribution < -0.4 is 15.8 Å². The number of aromatic hydroxyl groups is 1. The standard InChI is InChI=1S/C12H18N2O3/c1-8(6-13)7-14-12(16)9-3-4-11(17-2)10(15)5-9/h3-5,8,15H,6-7,13H2,1-2H3,(H,14,16). The molecule has 0 spiro atoms. The molecule has 1 aromatic rings. The first-order valence-electron chi connectivity index (χ1n) is 5.43. The van der Waals surface area contributed by atoms with Crippen LogP contribution in [0.25, 0.3) is 0 Å². The van der Waals surface area contributed by atoms with Crippen molar-refractivity contribution in [2.24, 2.45) is 11.7 Å². The van der Waals surface area contributed by atoms with Gasteiger partial charge in [0.05, 0.1) is 7.11 Å². The van der Waals surface area contributed by atoms with Gasteiger partial charge in [0, 0.05) is 12.1 Å². The predicted molar refractivity (Wildman–Crippen MR) is 65.2 cm³/mol. The minimum Gasteiger partial charge on any atom is -0.504 e. The second-order valence-electron chi connectivity index (χ2n) is 3.94. The predicted octanol–water partition coefficient (Wildman–Crippen LogP) is 0.725. The highest BCUT2D eigenvalue weighted by Gasteiger charge is 2.10. The van der Waals surface area contributed by atoms with Crippen LogP contribution in [0.15, 0.2) is 18.2 Å². The van der Waals surface area contributed by atoms with Crippen LogP contribution in [-0.2, 0) is 0 Å². The van der Waals surface area contributed by atoms with Gasteiger partial charge in [0.15, 0.2) is 11.5 Å². The number of rotatable bonds is 5.